The van der Waals surface area contributed by atoms with Crippen molar-refractivity contribution in [3.05, 3.63) is 30.4 Å². The van der Waals surface area contributed by atoms with Gasteiger partial charge in [-0.15, -0.1) is 0 Å². The predicted octanol–water partition coefficient (Wildman–Crippen LogP) is 0.670. The molecule has 0 aromatic carbocycles. The van der Waals surface area contributed by atoms with Gasteiger partial charge in [-0.25, -0.2) is 0 Å². The molecule has 5 heteroatoms. The van der Waals surface area contributed by atoms with Crippen molar-refractivity contribution in [2.24, 2.45) is 0 Å². The number of nitrogens with two attached hydrogens (primary N) is 1. The standard InChI is InChI=1S/C9H13N5/c1-8-9(10)7-12-14(8)6-5-13-4-2-3-11-13/h2-4,7H,5-6,10H2,1H3. The molecule has 0 amide bonds. The first-order chi connectivity index (χ1) is 6.77. The number of hydrogen-bond acceptors (Lipinski definition) is 3. The molecule has 2 heterocycles. The van der Waals surface area contributed by atoms with Gasteiger partial charge in [0, 0.05) is 12.4 Å². The Morgan fingerprint density at radius 1 is 1.36 bits per heavy atom. The van der Waals surface area contributed by atoms with Gasteiger partial charge in [0.25, 0.3) is 0 Å². The van der Waals surface area contributed by atoms with Gasteiger partial charge in [0.1, 0.15) is 0 Å². The molecule has 0 aliphatic rings. The van der Waals surface area contributed by atoms with Crippen molar-refractivity contribution in [3.63, 3.8) is 0 Å². The van der Waals surface area contributed by atoms with Gasteiger partial charge in [-0.3, -0.25) is 9.36 Å². The molecule has 14 heavy (non-hydrogen) atoms. The van der Waals surface area contributed by atoms with Crippen LogP contribution in [0.3, 0.4) is 0 Å². The van der Waals surface area contributed by atoms with Crippen molar-refractivity contribution < 1.29 is 0 Å². The topological polar surface area (TPSA) is 61.7 Å². The van der Waals surface area contributed by atoms with E-state index in [1.165, 1.54) is 0 Å². The Bertz CT molecular complexity index is 401. The summed E-state index contributed by atoms with van der Waals surface area (Å²) >= 11 is 0. The van der Waals surface area contributed by atoms with Crippen LogP contribution in [0.4, 0.5) is 5.69 Å². The van der Waals surface area contributed by atoms with Crippen molar-refractivity contribution in [2.45, 2.75) is 20.0 Å². The van der Waals surface area contributed by atoms with Crippen LogP contribution in [-0.4, -0.2) is 19.6 Å². The maximum atomic E-state index is 5.68. The van der Waals surface area contributed by atoms with Gasteiger partial charge in [-0.1, -0.05) is 0 Å². The molecule has 2 aromatic heterocycles. The summed E-state index contributed by atoms with van der Waals surface area (Å²) in [5.74, 6) is 0. The second kappa shape index (κ2) is 3.53. The van der Waals surface area contributed by atoms with E-state index in [1.54, 1.807) is 12.4 Å². The zero-order valence-electron chi connectivity index (χ0n) is 8.09. The molecule has 0 saturated carbocycles. The first kappa shape index (κ1) is 8.80. The molecule has 0 spiro atoms. The highest BCUT2D eigenvalue weighted by Crippen LogP contribution is 2.07. The second-order valence-corrected chi connectivity index (χ2v) is 3.18. The van der Waals surface area contributed by atoms with Gasteiger partial charge in [0.2, 0.25) is 0 Å². The fraction of sp³-hybridized carbons (Fsp3) is 0.333. The normalized spacial score (nSPS) is 10.6. The van der Waals surface area contributed by atoms with Gasteiger partial charge in [-0.2, -0.15) is 10.2 Å². The van der Waals surface area contributed by atoms with Crippen molar-refractivity contribution >= 4 is 5.69 Å². The average molecular weight is 191 g/mol. The summed E-state index contributed by atoms with van der Waals surface area (Å²) in [6.07, 6.45) is 5.38. The van der Waals surface area contributed by atoms with Crippen LogP contribution in [0.2, 0.25) is 0 Å². The highest BCUT2D eigenvalue weighted by atomic mass is 15.3. The average Bonchev–Trinajstić information content (AvgIpc) is 2.77. The molecule has 2 rings (SSSR count). The highest BCUT2D eigenvalue weighted by molar-refractivity contribution is 5.39. The smallest absolute Gasteiger partial charge is 0.0730 e. The van der Waals surface area contributed by atoms with Gasteiger partial charge in [0.15, 0.2) is 0 Å². The number of hydrogen-bond donors (Lipinski definition) is 1. The van der Waals surface area contributed by atoms with E-state index >= 15 is 0 Å². The molecule has 5 nitrogen and oxygen atoms in total. The van der Waals surface area contributed by atoms with Crippen LogP contribution in [0.25, 0.3) is 0 Å². The third-order valence-electron chi connectivity index (χ3n) is 2.24. The summed E-state index contributed by atoms with van der Waals surface area (Å²) in [4.78, 5) is 0. The van der Waals surface area contributed by atoms with Crippen LogP contribution in [0, 0.1) is 6.92 Å². The lowest BCUT2D eigenvalue weighted by molar-refractivity contribution is 0.493. The molecule has 0 saturated heterocycles. The van der Waals surface area contributed by atoms with E-state index in [1.807, 2.05) is 28.6 Å². The fourth-order valence-electron chi connectivity index (χ4n) is 1.32. The summed E-state index contributed by atoms with van der Waals surface area (Å²) in [6, 6.07) is 1.91. The zero-order chi connectivity index (χ0) is 9.97. The molecule has 2 aromatic rings. The monoisotopic (exact) mass is 191 g/mol. The van der Waals surface area contributed by atoms with Crippen molar-refractivity contribution in [1.82, 2.24) is 19.6 Å². The van der Waals surface area contributed by atoms with Crippen LogP contribution in [0.15, 0.2) is 24.7 Å². The molecule has 0 bridgehead atoms. The largest absolute Gasteiger partial charge is 0.396 e. The SMILES string of the molecule is Cc1c(N)cnn1CCn1cccn1. The third-order valence-corrected chi connectivity index (χ3v) is 2.24. The molecule has 0 fully saturated rings. The van der Waals surface area contributed by atoms with E-state index in [-0.39, 0.29) is 0 Å². The molecular weight excluding hydrogens is 178 g/mol. The predicted molar refractivity (Wildman–Crippen MR) is 53.6 cm³/mol. The molecular formula is C9H13N5. The zero-order valence-corrected chi connectivity index (χ0v) is 8.09. The number of nitrogen functional groups attached to an aromatic ring is 1. The Hall–Kier alpha value is -1.78. The maximum Gasteiger partial charge on any atom is 0.0730 e. The third kappa shape index (κ3) is 1.61. The minimum Gasteiger partial charge on any atom is -0.396 e. The van der Waals surface area contributed by atoms with Gasteiger partial charge in [0.05, 0.1) is 30.7 Å². The number of aryl methyl sites for hydroxylation is 2. The Morgan fingerprint density at radius 2 is 2.21 bits per heavy atom. The highest BCUT2D eigenvalue weighted by Gasteiger charge is 2.02. The summed E-state index contributed by atoms with van der Waals surface area (Å²) < 4.78 is 3.76. The van der Waals surface area contributed by atoms with Crippen LogP contribution in [0.1, 0.15) is 5.69 Å². The number of anilines is 1. The first-order valence-electron chi connectivity index (χ1n) is 4.52. The summed E-state index contributed by atoms with van der Waals surface area (Å²) in [5.41, 5.74) is 7.44. The van der Waals surface area contributed by atoms with E-state index in [9.17, 15) is 0 Å². The minimum absolute atomic E-state index is 0.741. The van der Waals surface area contributed by atoms with Crippen LogP contribution >= 0.6 is 0 Å². The number of nitrogens with zero attached hydrogens (tertiary/aromatic N) is 4. The van der Waals surface area contributed by atoms with E-state index in [2.05, 4.69) is 10.2 Å². The fourth-order valence-corrected chi connectivity index (χ4v) is 1.32. The van der Waals surface area contributed by atoms with Crippen molar-refractivity contribution in [3.8, 4) is 0 Å². The lowest BCUT2D eigenvalue weighted by atomic mass is 10.4. The molecule has 74 valence electrons. The first-order valence-corrected chi connectivity index (χ1v) is 4.52. The van der Waals surface area contributed by atoms with Crippen LogP contribution < -0.4 is 5.73 Å². The van der Waals surface area contributed by atoms with Crippen molar-refractivity contribution in [2.75, 3.05) is 5.73 Å². The Kier molecular flexibility index (Phi) is 2.22. The van der Waals surface area contributed by atoms with Gasteiger partial charge in [-0.05, 0) is 13.0 Å². The lowest BCUT2D eigenvalue weighted by Gasteiger charge is -2.04. The molecule has 2 N–H and O–H groups in total. The maximum absolute atomic E-state index is 5.68. The Balaban J connectivity index is 2.02. The number of aromatic nitrogens is 4. The Labute approximate surface area is 82.1 Å². The molecule has 0 radical (unpaired) electrons. The van der Waals surface area contributed by atoms with Gasteiger partial charge < -0.3 is 5.73 Å². The summed E-state index contributed by atoms with van der Waals surface area (Å²) in [5, 5.41) is 8.28. The molecule has 0 atom stereocenters. The summed E-state index contributed by atoms with van der Waals surface area (Å²) in [6.45, 7) is 3.57. The summed E-state index contributed by atoms with van der Waals surface area (Å²) in [7, 11) is 0. The number of rotatable bonds is 3. The van der Waals surface area contributed by atoms with Crippen molar-refractivity contribution in [1.29, 1.82) is 0 Å². The Morgan fingerprint density at radius 3 is 2.79 bits per heavy atom. The molecule has 0 unspecified atom stereocenters. The van der Waals surface area contributed by atoms with E-state index in [4.69, 9.17) is 5.73 Å². The quantitative estimate of drug-likeness (QED) is 0.775. The van der Waals surface area contributed by atoms with E-state index in [0.717, 1.165) is 24.5 Å². The van der Waals surface area contributed by atoms with Crippen LogP contribution in [-0.2, 0) is 13.1 Å². The second-order valence-electron chi connectivity index (χ2n) is 3.18. The molecule has 0 aliphatic heterocycles. The van der Waals surface area contributed by atoms with E-state index < -0.39 is 0 Å². The van der Waals surface area contributed by atoms with E-state index in [0.29, 0.717) is 0 Å². The molecule has 0 aliphatic carbocycles. The minimum atomic E-state index is 0.741. The van der Waals surface area contributed by atoms with Gasteiger partial charge >= 0.3 is 0 Å². The lowest BCUT2D eigenvalue weighted by Crippen LogP contribution is -2.10. The van der Waals surface area contributed by atoms with Crippen LogP contribution in [0.5, 0.6) is 0 Å².